The molecule has 1 amide bonds. The average Bonchev–Trinajstić information content (AvgIpc) is 2.33. The van der Waals surface area contributed by atoms with Crippen molar-refractivity contribution in [1.82, 2.24) is 5.32 Å². The molecule has 0 saturated heterocycles. The third kappa shape index (κ3) is 2.67. The van der Waals surface area contributed by atoms with Gasteiger partial charge in [-0.3, -0.25) is 4.79 Å². The van der Waals surface area contributed by atoms with E-state index in [1.165, 1.54) is 38.5 Å². The van der Waals surface area contributed by atoms with Crippen molar-refractivity contribution in [3.05, 3.63) is 0 Å². The molecule has 4 saturated carbocycles. The quantitative estimate of drug-likeness (QED) is 0.801. The van der Waals surface area contributed by atoms with Gasteiger partial charge in [0.25, 0.3) is 0 Å². The summed E-state index contributed by atoms with van der Waals surface area (Å²) in [6, 6.07) is 0. The number of rotatable bonds is 5. The highest BCUT2D eigenvalue weighted by Crippen LogP contribution is 2.55. The van der Waals surface area contributed by atoms with Crippen LogP contribution in [-0.4, -0.2) is 18.0 Å². The van der Waals surface area contributed by atoms with Crippen molar-refractivity contribution in [2.45, 2.75) is 63.8 Å². The molecule has 0 aromatic rings. The van der Waals surface area contributed by atoms with Crippen molar-refractivity contribution in [3.63, 3.8) is 0 Å². The van der Waals surface area contributed by atoms with Crippen LogP contribution in [0.1, 0.15) is 58.3 Å². The number of carbonyl (C=O) groups is 1. The SMILES string of the molecule is CC(CCCN)C(=O)NC12CC3CC(CC(C3)C1)C2. The van der Waals surface area contributed by atoms with E-state index in [-0.39, 0.29) is 17.4 Å². The fourth-order valence-corrected chi connectivity index (χ4v) is 5.20. The second-order valence-electron chi connectivity index (χ2n) is 7.52. The van der Waals surface area contributed by atoms with Gasteiger partial charge in [-0.1, -0.05) is 6.92 Å². The minimum Gasteiger partial charge on any atom is -0.350 e. The monoisotopic (exact) mass is 264 g/mol. The summed E-state index contributed by atoms with van der Waals surface area (Å²) in [7, 11) is 0. The van der Waals surface area contributed by atoms with Gasteiger partial charge in [0.2, 0.25) is 5.91 Å². The summed E-state index contributed by atoms with van der Waals surface area (Å²) in [6.07, 6.45) is 9.90. The Morgan fingerprint density at radius 3 is 2.21 bits per heavy atom. The van der Waals surface area contributed by atoms with Crippen molar-refractivity contribution in [2.24, 2.45) is 29.4 Å². The highest BCUT2D eigenvalue weighted by atomic mass is 16.2. The summed E-state index contributed by atoms with van der Waals surface area (Å²) in [5.74, 6) is 3.08. The topological polar surface area (TPSA) is 55.1 Å². The molecule has 1 unspecified atom stereocenters. The van der Waals surface area contributed by atoms with Crippen LogP contribution in [0.2, 0.25) is 0 Å². The molecule has 3 nitrogen and oxygen atoms in total. The Morgan fingerprint density at radius 1 is 1.21 bits per heavy atom. The van der Waals surface area contributed by atoms with Crippen LogP contribution in [-0.2, 0) is 4.79 Å². The second kappa shape index (κ2) is 5.08. The summed E-state index contributed by atoms with van der Waals surface area (Å²) in [6.45, 7) is 2.74. The second-order valence-corrected chi connectivity index (χ2v) is 7.52. The predicted molar refractivity (Wildman–Crippen MR) is 76.5 cm³/mol. The van der Waals surface area contributed by atoms with E-state index in [2.05, 4.69) is 5.32 Å². The molecule has 0 radical (unpaired) electrons. The summed E-state index contributed by atoms with van der Waals surface area (Å²) >= 11 is 0. The van der Waals surface area contributed by atoms with Crippen LogP contribution in [0.15, 0.2) is 0 Å². The largest absolute Gasteiger partial charge is 0.350 e. The van der Waals surface area contributed by atoms with Gasteiger partial charge in [0.1, 0.15) is 0 Å². The molecular weight excluding hydrogens is 236 g/mol. The molecule has 108 valence electrons. The lowest BCUT2D eigenvalue weighted by molar-refractivity contribution is -0.130. The molecule has 0 aromatic carbocycles. The first kappa shape index (κ1) is 13.4. The smallest absolute Gasteiger partial charge is 0.223 e. The molecule has 4 rings (SSSR count). The minimum absolute atomic E-state index is 0.122. The first-order chi connectivity index (χ1) is 9.10. The molecule has 3 heteroatoms. The van der Waals surface area contributed by atoms with Gasteiger partial charge in [0, 0.05) is 11.5 Å². The zero-order chi connectivity index (χ0) is 13.5. The van der Waals surface area contributed by atoms with Crippen LogP contribution in [0.25, 0.3) is 0 Å². The molecule has 3 N–H and O–H groups in total. The minimum atomic E-state index is 0.122. The van der Waals surface area contributed by atoms with Crippen LogP contribution < -0.4 is 11.1 Å². The van der Waals surface area contributed by atoms with Gasteiger partial charge in [0.05, 0.1) is 0 Å². The molecule has 4 bridgehead atoms. The van der Waals surface area contributed by atoms with Crippen LogP contribution in [0.5, 0.6) is 0 Å². The van der Waals surface area contributed by atoms with E-state index in [9.17, 15) is 4.79 Å². The molecule has 0 aliphatic heterocycles. The molecule has 4 aliphatic carbocycles. The number of nitrogens with one attached hydrogen (secondary N) is 1. The number of hydrogen-bond donors (Lipinski definition) is 2. The first-order valence-corrected chi connectivity index (χ1v) is 8.12. The van der Waals surface area contributed by atoms with Gasteiger partial charge in [-0.25, -0.2) is 0 Å². The average molecular weight is 264 g/mol. The first-order valence-electron chi connectivity index (χ1n) is 8.12. The van der Waals surface area contributed by atoms with E-state index < -0.39 is 0 Å². The maximum absolute atomic E-state index is 12.4. The number of hydrogen-bond acceptors (Lipinski definition) is 2. The Kier molecular flexibility index (Phi) is 3.59. The molecule has 0 spiro atoms. The highest BCUT2D eigenvalue weighted by Gasteiger charge is 2.51. The van der Waals surface area contributed by atoms with Crippen molar-refractivity contribution in [3.8, 4) is 0 Å². The lowest BCUT2D eigenvalue weighted by Crippen LogP contribution is -2.60. The lowest BCUT2D eigenvalue weighted by atomic mass is 9.53. The van der Waals surface area contributed by atoms with Gasteiger partial charge in [-0.05, 0) is 75.7 Å². The molecule has 0 aromatic heterocycles. The standard InChI is InChI=1S/C16H28N2O/c1-11(3-2-4-17)15(19)18-16-8-12-5-13(9-16)7-14(6-12)10-16/h11-14H,2-10,17H2,1H3,(H,18,19). The molecule has 4 fully saturated rings. The van der Waals surface area contributed by atoms with E-state index in [0.717, 1.165) is 30.6 Å². The van der Waals surface area contributed by atoms with E-state index in [1.807, 2.05) is 6.92 Å². The van der Waals surface area contributed by atoms with Crippen molar-refractivity contribution >= 4 is 5.91 Å². The molecule has 19 heavy (non-hydrogen) atoms. The number of nitrogens with two attached hydrogens (primary N) is 1. The summed E-state index contributed by atoms with van der Waals surface area (Å²) in [5.41, 5.74) is 5.70. The van der Waals surface area contributed by atoms with Gasteiger partial charge >= 0.3 is 0 Å². The zero-order valence-corrected chi connectivity index (χ0v) is 12.2. The lowest BCUT2D eigenvalue weighted by Gasteiger charge is -2.57. The van der Waals surface area contributed by atoms with Crippen LogP contribution in [0, 0.1) is 23.7 Å². The Bertz CT molecular complexity index is 317. The maximum Gasteiger partial charge on any atom is 0.223 e. The Hall–Kier alpha value is -0.570. The molecular formula is C16H28N2O. The van der Waals surface area contributed by atoms with Gasteiger partial charge < -0.3 is 11.1 Å². The fourth-order valence-electron chi connectivity index (χ4n) is 5.20. The van der Waals surface area contributed by atoms with E-state index >= 15 is 0 Å². The number of carbonyl (C=O) groups excluding carboxylic acids is 1. The van der Waals surface area contributed by atoms with Gasteiger partial charge in [-0.15, -0.1) is 0 Å². The Balaban J connectivity index is 1.61. The summed E-state index contributed by atoms with van der Waals surface area (Å²) < 4.78 is 0. The Morgan fingerprint density at radius 2 is 1.74 bits per heavy atom. The summed E-state index contributed by atoms with van der Waals surface area (Å²) in [4.78, 5) is 12.4. The fraction of sp³-hybridized carbons (Fsp3) is 0.938. The van der Waals surface area contributed by atoms with Crippen LogP contribution in [0.3, 0.4) is 0 Å². The third-order valence-electron chi connectivity index (χ3n) is 5.72. The summed E-state index contributed by atoms with van der Waals surface area (Å²) in [5, 5.41) is 3.45. The number of amides is 1. The van der Waals surface area contributed by atoms with Gasteiger partial charge in [-0.2, -0.15) is 0 Å². The van der Waals surface area contributed by atoms with E-state index in [1.54, 1.807) is 0 Å². The van der Waals surface area contributed by atoms with E-state index in [4.69, 9.17) is 5.73 Å². The third-order valence-corrected chi connectivity index (χ3v) is 5.72. The van der Waals surface area contributed by atoms with E-state index in [0.29, 0.717) is 6.54 Å². The van der Waals surface area contributed by atoms with Crippen LogP contribution >= 0.6 is 0 Å². The highest BCUT2D eigenvalue weighted by molar-refractivity contribution is 5.79. The molecule has 0 heterocycles. The van der Waals surface area contributed by atoms with Crippen molar-refractivity contribution < 1.29 is 4.79 Å². The molecule has 4 aliphatic rings. The normalized spacial score (nSPS) is 41.3. The Labute approximate surface area is 116 Å². The van der Waals surface area contributed by atoms with Crippen molar-refractivity contribution in [1.29, 1.82) is 0 Å². The van der Waals surface area contributed by atoms with Crippen molar-refractivity contribution in [2.75, 3.05) is 6.54 Å². The zero-order valence-electron chi connectivity index (χ0n) is 12.2. The predicted octanol–water partition coefficient (Wildman–Crippen LogP) is 2.45. The van der Waals surface area contributed by atoms with Crippen LogP contribution in [0.4, 0.5) is 0 Å². The molecule has 1 atom stereocenters. The maximum atomic E-state index is 12.4. The van der Waals surface area contributed by atoms with Gasteiger partial charge in [0.15, 0.2) is 0 Å².